The Labute approximate surface area is 121 Å². The van der Waals surface area contributed by atoms with E-state index in [1.165, 1.54) is 32.1 Å². The van der Waals surface area contributed by atoms with Crippen molar-refractivity contribution >= 4 is 11.6 Å². The third-order valence-corrected chi connectivity index (χ3v) is 5.01. The number of carbonyl (C=O) groups excluding carboxylic acids is 1. The van der Waals surface area contributed by atoms with Crippen molar-refractivity contribution in [1.82, 2.24) is 4.90 Å². The zero-order chi connectivity index (χ0) is 14.1. The molecular formula is C17H24N2O. The van der Waals surface area contributed by atoms with Crippen LogP contribution in [0.2, 0.25) is 0 Å². The number of likely N-dealkylation sites (tertiary alicyclic amines) is 1. The van der Waals surface area contributed by atoms with E-state index in [9.17, 15) is 4.79 Å². The predicted octanol–water partition coefficient (Wildman–Crippen LogP) is 3.44. The molecule has 1 aliphatic carbocycles. The van der Waals surface area contributed by atoms with Crippen LogP contribution in [-0.2, 0) is 0 Å². The molecule has 0 radical (unpaired) electrons. The van der Waals surface area contributed by atoms with Crippen molar-refractivity contribution in [2.24, 2.45) is 5.92 Å². The molecule has 2 atom stereocenters. The molecule has 1 N–H and O–H groups in total. The lowest BCUT2D eigenvalue weighted by Gasteiger charge is -2.31. The van der Waals surface area contributed by atoms with E-state index in [1.807, 2.05) is 25.2 Å². The van der Waals surface area contributed by atoms with Crippen LogP contribution in [0.25, 0.3) is 0 Å². The Bertz CT molecular complexity index is 512. The molecule has 2 aliphatic rings. The number of aryl methyl sites for hydroxylation is 1. The van der Waals surface area contributed by atoms with Crippen molar-refractivity contribution in [2.45, 2.75) is 45.1 Å². The number of nitrogens with zero attached hydrogens (tertiary/aromatic N) is 1. The lowest BCUT2D eigenvalue weighted by Crippen LogP contribution is -2.39. The molecule has 0 spiro atoms. The van der Waals surface area contributed by atoms with Crippen molar-refractivity contribution in [2.75, 3.05) is 18.9 Å². The standard InChI is InChI=1S/C17H24N2O/c1-12-11-14(7-8-15(12)18-2)17(20)19-10-9-13-5-3-4-6-16(13)19/h7-8,11,13,16,18H,3-6,9-10H2,1-2H3. The lowest BCUT2D eigenvalue weighted by molar-refractivity contribution is 0.0690. The van der Waals surface area contributed by atoms with Crippen molar-refractivity contribution in [3.05, 3.63) is 29.3 Å². The molecule has 2 unspecified atom stereocenters. The van der Waals surface area contributed by atoms with Gasteiger partial charge >= 0.3 is 0 Å². The van der Waals surface area contributed by atoms with Gasteiger partial charge in [-0.05, 0) is 55.9 Å². The molecule has 1 saturated heterocycles. The Morgan fingerprint density at radius 3 is 2.80 bits per heavy atom. The molecule has 1 aromatic rings. The van der Waals surface area contributed by atoms with Gasteiger partial charge in [0.25, 0.3) is 5.91 Å². The van der Waals surface area contributed by atoms with Crippen LogP contribution in [0.3, 0.4) is 0 Å². The highest BCUT2D eigenvalue weighted by molar-refractivity contribution is 5.95. The maximum atomic E-state index is 12.8. The first kappa shape index (κ1) is 13.5. The number of rotatable bonds is 2. The summed E-state index contributed by atoms with van der Waals surface area (Å²) in [5, 5.41) is 3.15. The second kappa shape index (κ2) is 5.47. The number of fused-ring (bicyclic) bond motifs is 1. The Balaban J connectivity index is 1.80. The molecule has 1 amide bonds. The van der Waals surface area contributed by atoms with Gasteiger partial charge in [0.15, 0.2) is 0 Å². The molecule has 1 aliphatic heterocycles. The van der Waals surface area contributed by atoms with Crippen molar-refractivity contribution in [1.29, 1.82) is 0 Å². The first-order chi connectivity index (χ1) is 9.70. The summed E-state index contributed by atoms with van der Waals surface area (Å²) < 4.78 is 0. The summed E-state index contributed by atoms with van der Waals surface area (Å²) in [5.74, 6) is 0.982. The van der Waals surface area contributed by atoms with Crippen LogP contribution in [0.1, 0.15) is 48.0 Å². The van der Waals surface area contributed by atoms with E-state index >= 15 is 0 Å². The summed E-state index contributed by atoms with van der Waals surface area (Å²) in [5.41, 5.74) is 3.07. The van der Waals surface area contributed by atoms with Crippen LogP contribution in [0.5, 0.6) is 0 Å². The SMILES string of the molecule is CNc1ccc(C(=O)N2CCC3CCCCC32)cc1C. The number of hydrogen-bond acceptors (Lipinski definition) is 2. The van der Waals surface area contributed by atoms with Gasteiger partial charge in [0.05, 0.1) is 0 Å². The topological polar surface area (TPSA) is 32.3 Å². The van der Waals surface area contributed by atoms with Gasteiger partial charge < -0.3 is 10.2 Å². The number of amides is 1. The van der Waals surface area contributed by atoms with E-state index in [2.05, 4.69) is 17.1 Å². The Kier molecular flexibility index (Phi) is 3.68. The molecule has 1 saturated carbocycles. The van der Waals surface area contributed by atoms with Crippen molar-refractivity contribution in [3.8, 4) is 0 Å². The van der Waals surface area contributed by atoms with E-state index in [4.69, 9.17) is 0 Å². The predicted molar refractivity (Wildman–Crippen MR) is 82.1 cm³/mol. The minimum atomic E-state index is 0.227. The Hall–Kier alpha value is -1.51. The molecule has 20 heavy (non-hydrogen) atoms. The van der Waals surface area contributed by atoms with Gasteiger partial charge in [-0.15, -0.1) is 0 Å². The van der Waals surface area contributed by atoms with Gasteiger partial charge in [0.2, 0.25) is 0 Å². The van der Waals surface area contributed by atoms with Crippen LogP contribution in [0.15, 0.2) is 18.2 Å². The molecule has 1 heterocycles. The molecule has 3 heteroatoms. The van der Waals surface area contributed by atoms with E-state index in [0.717, 1.165) is 29.3 Å². The van der Waals surface area contributed by atoms with Crippen molar-refractivity contribution in [3.63, 3.8) is 0 Å². The minimum absolute atomic E-state index is 0.227. The molecule has 3 rings (SSSR count). The van der Waals surface area contributed by atoms with E-state index in [0.29, 0.717) is 6.04 Å². The molecular weight excluding hydrogens is 248 g/mol. The average molecular weight is 272 g/mol. The van der Waals surface area contributed by atoms with Gasteiger partial charge in [-0.25, -0.2) is 0 Å². The number of nitrogens with one attached hydrogen (secondary N) is 1. The van der Waals surface area contributed by atoms with Crippen LogP contribution in [0.4, 0.5) is 5.69 Å². The lowest BCUT2D eigenvalue weighted by atomic mass is 9.85. The zero-order valence-electron chi connectivity index (χ0n) is 12.5. The third kappa shape index (κ3) is 2.30. The molecule has 108 valence electrons. The molecule has 0 bridgehead atoms. The summed E-state index contributed by atoms with van der Waals surface area (Å²) in [7, 11) is 1.91. The summed E-state index contributed by atoms with van der Waals surface area (Å²) in [6, 6.07) is 6.49. The van der Waals surface area contributed by atoms with E-state index in [1.54, 1.807) is 0 Å². The van der Waals surface area contributed by atoms with E-state index in [-0.39, 0.29) is 5.91 Å². The maximum absolute atomic E-state index is 12.8. The third-order valence-electron chi connectivity index (χ3n) is 5.01. The second-order valence-electron chi connectivity index (χ2n) is 6.18. The van der Waals surface area contributed by atoms with Crippen LogP contribution >= 0.6 is 0 Å². The fourth-order valence-corrected chi connectivity index (χ4v) is 3.90. The number of carbonyl (C=O) groups is 1. The zero-order valence-corrected chi connectivity index (χ0v) is 12.5. The van der Waals surface area contributed by atoms with Crippen LogP contribution < -0.4 is 5.32 Å². The minimum Gasteiger partial charge on any atom is -0.388 e. The highest BCUT2D eigenvalue weighted by Gasteiger charge is 2.38. The average Bonchev–Trinajstić information content (AvgIpc) is 2.90. The number of anilines is 1. The first-order valence-corrected chi connectivity index (χ1v) is 7.80. The Morgan fingerprint density at radius 2 is 2.05 bits per heavy atom. The van der Waals surface area contributed by atoms with Gasteiger partial charge in [-0.1, -0.05) is 12.8 Å². The molecule has 3 nitrogen and oxygen atoms in total. The van der Waals surface area contributed by atoms with Gasteiger partial charge in [-0.2, -0.15) is 0 Å². The smallest absolute Gasteiger partial charge is 0.254 e. The van der Waals surface area contributed by atoms with Gasteiger partial charge in [0, 0.05) is 30.9 Å². The van der Waals surface area contributed by atoms with Crippen LogP contribution in [0, 0.1) is 12.8 Å². The quantitative estimate of drug-likeness (QED) is 0.894. The number of benzene rings is 1. The fraction of sp³-hybridized carbons (Fsp3) is 0.588. The van der Waals surface area contributed by atoms with Gasteiger partial charge in [0.1, 0.15) is 0 Å². The number of hydrogen-bond donors (Lipinski definition) is 1. The van der Waals surface area contributed by atoms with E-state index < -0.39 is 0 Å². The fourth-order valence-electron chi connectivity index (χ4n) is 3.90. The Morgan fingerprint density at radius 1 is 1.25 bits per heavy atom. The second-order valence-corrected chi connectivity index (χ2v) is 6.18. The van der Waals surface area contributed by atoms with Crippen molar-refractivity contribution < 1.29 is 4.79 Å². The summed E-state index contributed by atoms with van der Waals surface area (Å²) in [6.07, 6.45) is 6.34. The summed E-state index contributed by atoms with van der Waals surface area (Å²) >= 11 is 0. The monoisotopic (exact) mass is 272 g/mol. The maximum Gasteiger partial charge on any atom is 0.254 e. The summed E-state index contributed by atoms with van der Waals surface area (Å²) in [6.45, 7) is 3.00. The largest absolute Gasteiger partial charge is 0.388 e. The normalized spacial score (nSPS) is 25.4. The molecule has 0 aromatic heterocycles. The highest BCUT2D eigenvalue weighted by atomic mass is 16.2. The molecule has 1 aromatic carbocycles. The highest BCUT2D eigenvalue weighted by Crippen LogP contribution is 2.37. The summed E-state index contributed by atoms with van der Waals surface area (Å²) in [4.78, 5) is 14.9. The van der Waals surface area contributed by atoms with Crippen LogP contribution in [-0.4, -0.2) is 30.4 Å². The molecule has 2 fully saturated rings. The van der Waals surface area contributed by atoms with Gasteiger partial charge in [-0.3, -0.25) is 4.79 Å². The first-order valence-electron chi connectivity index (χ1n) is 7.80.